The largest absolute Gasteiger partial charge is 0.335 e. The number of piperidine rings is 1. The molecule has 5 nitrogen and oxygen atoms in total. The van der Waals surface area contributed by atoms with Gasteiger partial charge in [0.1, 0.15) is 0 Å². The molecule has 1 saturated carbocycles. The van der Waals surface area contributed by atoms with Crippen LogP contribution in [0.2, 0.25) is 10.0 Å². The van der Waals surface area contributed by atoms with Crippen LogP contribution < -0.4 is 5.32 Å². The molecule has 8 heteroatoms. The molecule has 3 fully saturated rings. The lowest BCUT2D eigenvalue weighted by molar-refractivity contribution is 0.0579. The highest BCUT2D eigenvalue weighted by atomic mass is 35.5. The number of amides is 3. The zero-order chi connectivity index (χ0) is 20.4. The summed E-state index contributed by atoms with van der Waals surface area (Å²) in [5, 5.41) is 4.06. The van der Waals surface area contributed by atoms with Gasteiger partial charge in [-0.15, -0.1) is 11.8 Å². The number of halogens is 2. The lowest BCUT2D eigenvalue weighted by atomic mass is 9.95. The molecule has 2 aliphatic heterocycles. The van der Waals surface area contributed by atoms with Gasteiger partial charge in [0, 0.05) is 37.0 Å². The van der Waals surface area contributed by atoms with E-state index in [2.05, 4.69) is 5.32 Å². The van der Waals surface area contributed by atoms with Gasteiger partial charge in [-0.3, -0.25) is 4.79 Å². The first-order valence-corrected chi connectivity index (χ1v) is 12.2. The number of benzene rings is 1. The van der Waals surface area contributed by atoms with Gasteiger partial charge in [0.25, 0.3) is 5.91 Å². The Balaban J connectivity index is 1.39. The Morgan fingerprint density at radius 2 is 1.76 bits per heavy atom. The molecule has 158 valence electrons. The van der Waals surface area contributed by atoms with Crippen molar-refractivity contribution in [1.29, 1.82) is 0 Å². The Labute approximate surface area is 186 Å². The molecule has 1 N–H and O–H groups in total. The van der Waals surface area contributed by atoms with Crippen LogP contribution in [0.15, 0.2) is 18.2 Å². The van der Waals surface area contributed by atoms with Crippen molar-refractivity contribution in [2.75, 3.05) is 25.4 Å². The lowest BCUT2D eigenvalue weighted by Gasteiger charge is -2.44. The quantitative estimate of drug-likeness (QED) is 0.680. The second-order valence-electron chi connectivity index (χ2n) is 8.15. The molecule has 0 aromatic heterocycles. The minimum absolute atomic E-state index is 0.00586. The predicted octanol–water partition coefficient (Wildman–Crippen LogP) is 5.02. The van der Waals surface area contributed by atoms with Crippen molar-refractivity contribution in [2.24, 2.45) is 0 Å². The summed E-state index contributed by atoms with van der Waals surface area (Å²) in [6.07, 6.45) is 7.45. The molecule has 2 saturated heterocycles. The Hall–Kier alpha value is -1.11. The van der Waals surface area contributed by atoms with Crippen LogP contribution in [0, 0.1) is 0 Å². The number of urea groups is 1. The van der Waals surface area contributed by atoms with Crippen LogP contribution in [-0.2, 0) is 0 Å². The summed E-state index contributed by atoms with van der Waals surface area (Å²) in [6.45, 7) is 2.07. The Kier molecular flexibility index (Phi) is 6.52. The zero-order valence-electron chi connectivity index (χ0n) is 16.5. The number of thioether (sulfide) groups is 1. The summed E-state index contributed by atoms with van der Waals surface area (Å²) in [5.74, 6) is 0.912. The SMILES string of the molecule is O=C(NC1CCCCC1)N1CCC2(CC1)SCCN2C(=O)c1ccc(Cl)c(Cl)c1. The van der Waals surface area contributed by atoms with Gasteiger partial charge in [-0.05, 0) is 43.9 Å². The maximum atomic E-state index is 13.2. The first-order chi connectivity index (χ1) is 14.0. The number of carbonyl (C=O) groups excluding carboxylic acids is 2. The maximum absolute atomic E-state index is 13.2. The van der Waals surface area contributed by atoms with E-state index < -0.39 is 0 Å². The van der Waals surface area contributed by atoms with Gasteiger partial charge in [-0.1, -0.05) is 42.5 Å². The molecule has 4 rings (SSSR count). The molecule has 0 atom stereocenters. The second kappa shape index (κ2) is 8.94. The zero-order valence-corrected chi connectivity index (χ0v) is 18.8. The molecule has 1 aromatic rings. The topological polar surface area (TPSA) is 52.7 Å². The average molecular weight is 456 g/mol. The number of nitrogens with zero attached hydrogens (tertiary/aromatic N) is 2. The van der Waals surface area contributed by atoms with Crippen molar-refractivity contribution in [2.45, 2.75) is 55.9 Å². The van der Waals surface area contributed by atoms with E-state index in [1.165, 1.54) is 19.3 Å². The van der Waals surface area contributed by atoms with Crippen LogP contribution in [0.3, 0.4) is 0 Å². The minimum atomic E-state index is -0.231. The third-order valence-electron chi connectivity index (χ3n) is 6.35. The van der Waals surface area contributed by atoms with E-state index in [1.54, 1.807) is 18.2 Å². The minimum Gasteiger partial charge on any atom is -0.335 e. The normalized spacial score (nSPS) is 22.1. The van der Waals surface area contributed by atoms with Gasteiger partial charge in [0.2, 0.25) is 0 Å². The summed E-state index contributed by atoms with van der Waals surface area (Å²) in [6, 6.07) is 5.43. The second-order valence-corrected chi connectivity index (χ2v) is 10.4. The number of hydrogen-bond donors (Lipinski definition) is 1. The van der Waals surface area contributed by atoms with E-state index in [4.69, 9.17) is 23.2 Å². The molecule has 1 aliphatic carbocycles. The Bertz CT molecular complexity index is 777. The highest BCUT2D eigenvalue weighted by Gasteiger charge is 2.47. The van der Waals surface area contributed by atoms with Crippen molar-refractivity contribution in [1.82, 2.24) is 15.1 Å². The standard InChI is InChI=1S/C21H27Cl2N3O2S/c22-17-7-6-15(14-18(17)23)19(27)26-12-13-29-21(26)8-10-25(11-9-21)20(28)24-16-4-2-1-3-5-16/h6-7,14,16H,1-5,8-13H2,(H,24,28). The summed E-state index contributed by atoms with van der Waals surface area (Å²) in [4.78, 5) is 29.5. The molecule has 29 heavy (non-hydrogen) atoms. The number of rotatable bonds is 2. The molecule has 2 heterocycles. The highest BCUT2D eigenvalue weighted by molar-refractivity contribution is 8.00. The van der Waals surface area contributed by atoms with Crippen LogP contribution >= 0.6 is 35.0 Å². The highest BCUT2D eigenvalue weighted by Crippen LogP contribution is 2.44. The van der Waals surface area contributed by atoms with E-state index in [0.717, 1.165) is 38.0 Å². The molecule has 3 amide bonds. The fourth-order valence-corrected chi connectivity index (χ4v) is 6.42. The smallest absolute Gasteiger partial charge is 0.317 e. The molecule has 0 bridgehead atoms. The van der Waals surface area contributed by atoms with E-state index in [9.17, 15) is 9.59 Å². The first-order valence-electron chi connectivity index (χ1n) is 10.4. The molecule has 0 radical (unpaired) electrons. The van der Waals surface area contributed by atoms with Gasteiger partial charge < -0.3 is 15.1 Å². The number of carbonyl (C=O) groups is 2. The van der Waals surface area contributed by atoms with Crippen LogP contribution in [0.4, 0.5) is 4.79 Å². The molecular weight excluding hydrogens is 429 g/mol. The molecular formula is C21H27Cl2N3O2S. The van der Waals surface area contributed by atoms with Crippen LogP contribution in [-0.4, -0.2) is 58.0 Å². The monoisotopic (exact) mass is 455 g/mol. The summed E-state index contributed by atoms with van der Waals surface area (Å²) < 4.78 is 0. The third-order valence-corrected chi connectivity index (χ3v) is 8.65. The van der Waals surface area contributed by atoms with Crippen LogP contribution in [0.25, 0.3) is 0 Å². The van der Waals surface area contributed by atoms with E-state index in [0.29, 0.717) is 34.7 Å². The Morgan fingerprint density at radius 1 is 1.03 bits per heavy atom. The van der Waals surface area contributed by atoms with Crippen molar-refractivity contribution < 1.29 is 9.59 Å². The Morgan fingerprint density at radius 3 is 2.45 bits per heavy atom. The fraction of sp³-hybridized carbons (Fsp3) is 0.619. The molecule has 1 aromatic carbocycles. The predicted molar refractivity (Wildman–Crippen MR) is 119 cm³/mol. The lowest BCUT2D eigenvalue weighted by Crippen LogP contribution is -2.56. The van der Waals surface area contributed by atoms with Gasteiger partial charge in [-0.25, -0.2) is 4.79 Å². The third kappa shape index (κ3) is 4.49. The number of hydrogen-bond acceptors (Lipinski definition) is 3. The summed E-state index contributed by atoms with van der Waals surface area (Å²) in [5.41, 5.74) is 0.568. The molecule has 0 unspecified atom stereocenters. The van der Waals surface area contributed by atoms with E-state index in [-0.39, 0.29) is 16.8 Å². The maximum Gasteiger partial charge on any atom is 0.317 e. The van der Waals surface area contributed by atoms with E-state index >= 15 is 0 Å². The number of nitrogens with one attached hydrogen (secondary N) is 1. The summed E-state index contributed by atoms with van der Waals surface area (Å²) >= 11 is 14.0. The number of likely N-dealkylation sites (tertiary alicyclic amines) is 1. The summed E-state index contributed by atoms with van der Waals surface area (Å²) in [7, 11) is 0. The molecule has 1 spiro atoms. The average Bonchev–Trinajstić information content (AvgIpc) is 3.13. The van der Waals surface area contributed by atoms with Crippen LogP contribution in [0.5, 0.6) is 0 Å². The van der Waals surface area contributed by atoms with Gasteiger partial charge in [0.15, 0.2) is 0 Å². The van der Waals surface area contributed by atoms with Crippen molar-refractivity contribution in [3.63, 3.8) is 0 Å². The van der Waals surface area contributed by atoms with E-state index in [1.807, 2.05) is 21.6 Å². The molecule has 3 aliphatic rings. The van der Waals surface area contributed by atoms with Crippen LogP contribution in [0.1, 0.15) is 55.3 Å². The van der Waals surface area contributed by atoms with Gasteiger partial charge in [-0.2, -0.15) is 0 Å². The van der Waals surface area contributed by atoms with Crippen molar-refractivity contribution >= 4 is 46.9 Å². The van der Waals surface area contributed by atoms with Gasteiger partial charge in [0.05, 0.1) is 14.9 Å². The van der Waals surface area contributed by atoms with Gasteiger partial charge >= 0.3 is 6.03 Å². The van der Waals surface area contributed by atoms with Crippen molar-refractivity contribution in [3.8, 4) is 0 Å². The first kappa shape index (κ1) is 21.1. The fourth-order valence-electron chi connectivity index (χ4n) is 4.67. The van der Waals surface area contributed by atoms with Crippen molar-refractivity contribution in [3.05, 3.63) is 33.8 Å².